The average Bonchev–Trinajstić information content (AvgIpc) is 3.52. The maximum atomic E-state index is 12.4. The van der Waals surface area contributed by atoms with Crippen LogP contribution in [0.4, 0.5) is 0 Å². The number of amides is 1. The lowest BCUT2D eigenvalue weighted by atomic mass is 9.97. The minimum absolute atomic E-state index is 0.0499. The summed E-state index contributed by atoms with van der Waals surface area (Å²) in [6.07, 6.45) is 10.9. The molecule has 2 fully saturated rings. The molecular weight excluding hydrogens is 356 g/mol. The first-order chi connectivity index (χ1) is 13.8. The molecule has 1 aliphatic carbocycles. The average molecular weight is 378 g/mol. The van der Waals surface area contributed by atoms with Crippen LogP contribution >= 0.6 is 0 Å². The fraction of sp³-hybridized carbons (Fsp3) is 0.450. The van der Waals surface area contributed by atoms with Crippen LogP contribution in [0.15, 0.2) is 36.9 Å². The molecule has 0 spiro atoms. The molecule has 1 saturated carbocycles. The standard InChI is InChI=1S/C20H22N6O2/c27-20(16-11-21-7-8-22-16)25-9-5-14(6-10-25)13-28-19-4-3-18-23-17(15-1-2-15)12-26(18)24-19/h3-4,7-8,11-12,14-15H,1-2,5-6,9-10,13H2. The number of ether oxygens (including phenoxy) is 1. The summed E-state index contributed by atoms with van der Waals surface area (Å²) in [6.45, 7) is 2.03. The number of carbonyl (C=O) groups is 1. The highest BCUT2D eigenvalue weighted by Gasteiger charge is 2.27. The molecule has 4 heterocycles. The van der Waals surface area contributed by atoms with Crippen molar-refractivity contribution in [1.29, 1.82) is 0 Å². The Labute approximate surface area is 162 Å². The van der Waals surface area contributed by atoms with E-state index >= 15 is 0 Å². The number of hydrogen-bond donors (Lipinski definition) is 0. The SMILES string of the molecule is O=C(c1cnccn1)N1CCC(COc2ccc3nc(C4CC4)cn3n2)CC1. The monoisotopic (exact) mass is 378 g/mol. The highest BCUT2D eigenvalue weighted by atomic mass is 16.5. The summed E-state index contributed by atoms with van der Waals surface area (Å²) in [6, 6.07) is 3.84. The molecule has 2 aliphatic rings. The van der Waals surface area contributed by atoms with Gasteiger partial charge in [-0.1, -0.05) is 0 Å². The van der Waals surface area contributed by atoms with E-state index in [1.54, 1.807) is 12.4 Å². The van der Waals surface area contributed by atoms with Gasteiger partial charge in [0.15, 0.2) is 5.65 Å². The van der Waals surface area contributed by atoms with Crippen LogP contribution < -0.4 is 4.74 Å². The van der Waals surface area contributed by atoms with Gasteiger partial charge >= 0.3 is 0 Å². The smallest absolute Gasteiger partial charge is 0.274 e. The van der Waals surface area contributed by atoms with E-state index in [9.17, 15) is 4.79 Å². The van der Waals surface area contributed by atoms with Crippen LogP contribution in [0.25, 0.3) is 5.65 Å². The molecule has 0 radical (unpaired) electrons. The van der Waals surface area contributed by atoms with Crippen LogP contribution in [0, 0.1) is 5.92 Å². The molecule has 5 rings (SSSR count). The Bertz CT molecular complexity index is 977. The number of piperidine rings is 1. The highest BCUT2D eigenvalue weighted by molar-refractivity contribution is 5.92. The number of imidazole rings is 1. The number of hydrogen-bond acceptors (Lipinski definition) is 6. The van der Waals surface area contributed by atoms with Crippen molar-refractivity contribution in [1.82, 2.24) is 29.5 Å². The first kappa shape index (κ1) is 17.1. The van der Waals surface area contributed by atoms with E-state index in [2.05, 4.69) is 20.1 Å². The van der Waals surface area contributed by atoms with Crippen LogP contribution in [0.1, 0.15) is 47.8 Å². The lowest BCUT2D eigenvalue weighted by molar-refractivity contribution is 0.0652. The van der Waals surface area contributed by atoms with E-state index in [0.29, 0.717) is 43.1 Å². The lowest BCUT2D eigenvalue weighted by Gasteiger charge is -2.31. The molecule has 0 aromatic carbocycles. The van der Waals surface area contributed by atoms with Gasteiger partial charge in [0.2, 0.25) is 5.88 Å². The molecule has 0 atom stereocenters. The third kappa shape index (κ3) is 3.54. The predicted molar refractivity (Wildman–Crippen MR) is 101 cm³/mol. The van der Waals surface area contributed by atoms with Gasteiger partial charge in [-0.15, -0.1) is 5.10 Å². The summed E-state index contributed by atoms with van der Waals surface area (Å²) in [5.74, 6) is 1.59. The topological polar surface area (TPSA) is 85.5 Å². The zero-order valence-electron chi connectivity index (χ0n) is 15.6. The van der Waals surface area contributed by atoms with Gasteiger partial charge in [0.05, 0.1) is 24.7 Å². The summed E-state index contributed by atoms with van der Waals surface area (Å²) in [4.78, 5) is 27.0. The maximum Gasteiger partial charge on any atom is 0.274 e. The molecule has 0 unspecified atom stereocenters. The number of nitrogens with zero attached hydrogens (tertiary/aromatic N) is 6. The van der Waals surface area contributed by atoms with Crippen LogP contribution in [0.5, 0.6) is 5.88 Å². The third-order valence-electron chi connectivity index (χ3n) is 5.46. The Balaban J connectivity index is 1.15. The number of fused-ring (bicyclic) bond motifs is 1. The molecule has 8 heteroatoms. The van der Waals surface area contributed by atoms with E-state index in [1.165, 1.54) is 19.0 Å². The normalized spacial score (nSPS) is 17.8. The molecular formula is C20H22N6O2. The van der Waals surface area contributed by atoms with Crippen LogP contribution in [0.2, 0.25) is 0 Å². The van der Waals surface area contributed by atoms with Crippen molar-refractivity contribution >= 4 is 11.6 Å². The summed E-state index contributed by atoms with van der Waals surface area (Å²) in [5, 5.41) is 4.53. The predicted octanol–water partition coefficient (Wildman–Crippen LogP) is 2.33. The minimum Gasteiger partial charge on any atom is -0.476 e. The molecule has 0 N–H and O–H groups in total. The van der Waals surface area contributed by atoms with E-state index in [4.69, 9.17) is 4.74 Å². The molecule has 0 bridgehead atoms. The third-order valence-corrected chi connectivity index (χ3v) is 5.46. The van der Waals surface area contributed by atoms with Crippen molar-refractivity contribution in [3.8, 4) is 5.88 Å². The van der Waals surface area contributed by atoms with Gasteiger partial charge in [-0.05, 0) is 37.7 Å². The van der Waals surface area contributed by atoms with Crippen molar-refractivity contribution in [3.05, 3.63) is 48.3 Å². The number of aromatic nitrogens is 5. The summed E-state index contributed by atoms with van der Waals surface area (Å²) in [5.41, 5.74) is 2.40. The van der Waals surface area contributed by atoms with Crippen LogP contribution in [-0.4, -0.2) is 55.1 Å². The van der Waals surface area contributed by atoms with Gasteiger partial charge in [0.25, 0.3) is 5.91 Å². The van der Waals surface area contributed by atoms with Gasteiger partial charge in [-0.3, -0.25) is 9.78 Å². The second-order valence-corrected chi connectivity index (χ2v) is 7.55. The van der Waals surface area contributed by atoms with Crippen molar-refractivity contribution in [2.24, 2.45) is 5.92 Å². The Morgan fingerprint density at radius 1 is 1.14 bits per heavy atom. The molecule has 1 amide bonds. The van der Waals surface area contributed by atoms with E-state index < -0.39 is 0 Å². The molecule has 8 nitrogen and oxygen atoms in total. The van der Waals surface area contributed by atoms with Crippen molar-refractivity contribution < 1.29 is 9.53 Å². The zero-order chi connectivity index (χ0) is 18.9. The van der Waals surface area contributed by atoms with Crippen molar-refractivity contribution in [2.45, 2.75) is 31.6 Å². The molecule has 28 heavy (non-hydrogen) atoms. The molecule has 1 aliphatic heterocycles. The first-order valence-electron chi connectivity index (χ1n) is 9.81. The summed E-state index contributed by atoms with van der Waals surface area (Å²) in [7, 11) is 0. The van der Waals surface area contributed by atoms with Crippen LogP contribution in [0.3, 0.4) is 0 Å². The quantitative estimate of drug-likeness (QED) is 0.677. The summed E-state index contributed by atoms with van der Waals surface area (Å²) >= 11 is 0. The molecule has 144 valence electrons. The van der Waals surface area contributed by atoms with Crippen molar-refractivity contribution in [3.63, 3.8) is 0 Å². The second-order valence-electron chi connectivity index (χ2n) is 7.55. The van der Waals surface area contributed by atoms with Gasteiger partial charge in [0.1, 0.15) is 5.69 Å². The van der Waals surface area contributed by atoms with Crippen LogP contribution in [-0.2, 0) is 0 Å². The second kappa shape index (κ2) is 7.18. The number of carbonyl (C=O) groups excluding carboxylic acids is 1. The van der Waals surface area contributed by atoms with Gasteiger partial charge in [-0.2, -0.15) is 0 Å². The Hall–Kier alpha value is -3.03. The molecule has 3 aromatic rings. The fourth-order valence-electron chi connectivity index (χ4n) is 3.61. The van der Waals surface area contributed by atoms with Gasteiger partial charge in [0, 0.05) is 37.5 Å². The lowest BCUT2D eigenvalue weighted by Crippen LogP contribution is -2.40. The fourth-order valence-corrected chi connectivity index (χ4v) is 3.61. The number of rotatable bonds is 5. The largest absolute Gasteiger partial charge is 0.476 e. The van der Waals surface area contributed by atoms with E-state index in [0.717, 1.165) is 24.2 Å². The Kier molecular flexibility index (Phi) is 4.38. The van der Waals surface area contributed by atoms with Gasteiger partial charge in [-0.25, -0.2) is 14.5 Å². The van der Waals surface area contributed by atoms with E-state index in [-0.39, 0.29) is 5.91 Å². The highest BCUT2D eigenvalue weighted by Crippen LogP contribution is 2.39. The zero-order valence-corrected chi connectivity index (χ0v) is 15.6. The summed E-state index contributed by atoms with van der Waals surface area (Å²) < 4.78 is 7.74. The molecule has 3 aromatic heterocycles. The first-order valence-corrected chi connectivity index (χ1v) is 9.81. The number of likely N-dealkylation sites (tertiary alicyclic amines) is 1. The van der Waals surface area contributed by atoms with Gasteiger partial charge < -0.3 is 9.64 Å². The Morgan fingerprint density at radius 3 is 2.75 bits per heavy atom. The minimum atomic E-state index is -0.0499. The van der Waals surface area contributed by atoms with Crippen molar-refractivity contribution in [2.75, 3.05) is 19.7 Å². The maximum absolute atomic E-state index is 12.4. The molecule has 1 saturated heterocycles. The van der Waals surface area contributed by atoms with E-state index in [1.807, 2.05) is 27.7 Å². The Morgan fingerprint density at radius 2 is 2.00 bits per heavy atom.